The lowest BCUT2D eigenvalue weighted by Gasteiger charge is -2.15. The van der Waals surface area contributed by atoms with Gasteiger partial charge in [-0.1, -0.05) is 12.1 Å². The number of carbonyl (C=O) groups is 3. The fraction of sp³-hybridized carbons (Fsp3) is 0.438. The number of ether oxygens (including phenoxy) is 1. The van der Waals surface area contributed by atoms with E-state index in [1.54, 1.807) is 24.1 Å². The number of hydrogen-bond donors (Lipinski definition) is 2. The molecule has 1 unspecified atom stereocenters. The summed E-state index contributed by atoms with van der Waals surface area (Å²) >= 11 is 0. The number of methoxy groups -OCH3 is 1. The summed E-state index contributed by atoms with van der Waals surface area (Å²) < 4.78 is 4.94. The van der Waals surface area contributed by atoms with Gasteiger partial charge in [0.1, 0.15) is 0 Å². The van der Waals surface area contributed by atoms with Crippen LogP contribution in [0.15, 0.2) is 24.3 Å². The summed E-state index contributed by atoms with van der Waals surface area (Å²) in [6, 6.07) is 6.40. The molecule has 1 fully saturated rings. The quantitative estimate of drug-likeness (QED) is 0.762. The van der Waals surface area contributed by atoms with E-state index in [-0.39, 0.29) is 36.3 Å². The standard InChI is InChI=1S/C16H20N2O5/c1-23-6-5-18-10-13(8-14(18)19)15(20)17-9-11-3-2-4-12(7-11)16(21)22/h2-4,7,13H,5-6,8-10H2,1H3,(H,17,20)(H,21,22). The molecule has 7 heteroatoms. The molecule has 1 aliphatic rings. The Morgan fingerprint density at radius 2 is 2.22 bits per heavy atom. The molecule has 0 spiro atoms. The number of rotatable bonds is 7. The minimum atomic E-state index is -1.01. The Morgan fingerprint density at radius 1 is 1.43 bits per heavy atom. The van der Waals surface area contributed by atoms with Crippen molar-refractivity contribution in [2.75, 3.05) is 26.8 Å². The van der Waals surface area contributed by atoms with Gasteiger partial charge in [-0.2, -0.15) is 0 Å². The number of nitrogens with zero attached hydrogens (tertiary/aromatic N) is 1. The van der Waals surface area contributed by atoms with Crippen molar-refractivity contribution < 1.29 is 24.2 Å². The van der Waals surface area contributed by atoms with Crippen LogP contribution in [0.2, 0.25) is 0 Å². The van der Waals surface area contributed by atoms with E-state index in [4.69, 9.17) is 9.84 Å². The second-order valence-corrected chi connectivity index (χ2v) is 5.46. The number of aromatic carboxylic acids is 1. The van der Waals surface area contributed by atoms with E-state index in [0.29, 0.717) is 25.3 Å². The van der Waals surface area contributed by atoms with Crippen molar-refractivity contribution in [3.8, 4) is 0 Å². The predicted octanol–water partition coefficient (Wildman–Crippen LogP) is 0.496. The van der Waals surface area contributed by atoms with Gasteiger partial charge in [0.05, 0.1) is 18.1 Å². The average Bonchev–Trinajstić information content (AvgIpc) is 2.92. The zero-order chi connectivity index (χ0) is 16.8. The molecule has 1 aromatic carbocycles. The van der Waals surface area contributed by atoms with Crippen molar-refractivity contribution in [1.82, 2.24) is 10.2 Å². The van der Waals surface area contributed by atoms with E-state index in [2.05, 4.69) is 5.32 Å². The smallest absolute Gasteiger partial charge is 0.335 e. The third-order valence-corrected chi connectivity index (χ3v) is 3.79. The van der Waals surface area contributed by atoms with Gasteiger partial charge in [-0.15, -0.1) is 0 Å². The topological polar surface area (TPSA) is 95.9 Å². The zero-order valence-electron chi connectivity index (χ0n) is 12.9. The molecule has 2 N–H and O–H groups in total. The molecule has 0 bridgehead atoms. The summed E-state index contributed by atoms with van der Waals surface area (Å²) in [4.78, 5) is 36.5. The SMILES string of the molecule is COCCN1CC(C(=O)NCc2cccc(C(=O)O)c2)CC1=O. The Bertz CT molecular complexity index is 602. The molecular formula is C16H20N2O5. The summed E-state index contributed by atoms with van der Waals surface area (Å²) in [5.74, 6) is -1.62. The first kappa shape index (κ1) is 17.0. The van der Waals surface area contributed by atoms with Crippen molar-refractivity contribution in [2.45, 2.75) is 13.0 Å². The van der Waals surface area contributed by atoms with Gasteiger partial charge in [0, 0.05) is 33.2 Å². The molecule has 2 rings (SSSR count). The van der Waals surface area contributed by atoms with Crippen LogP contribution >= 0.6 is 0 Å². The lowest BCUT2D eigenvalue weighted by Crippen LogP contribution is -2.33. The second-order valence-electron chi connectivity index (χ2n) is 5.46. The highest BCUT2D eigenvalue weighted by atomic mass is 16.5. The van der Waals surface area contributed by atoms with Crippen LogP contribution in [0.3, 0.4) is 0 Å². The van der Waals surface area contributed by atoms with E-state index in [9.17, 15) is 14.4 Å². The Labute approximate surface area is 134 Å². The van der Waals surface area contributed by atoms with E-state index in [1.807, 2.05) is 0 Å². The van der Waals surface area contributed by atoms with Gasteiger partial charge >= 0.3 is 5.97 Å². The Balaban J connectivity index is 1.87. The van der Waals surface area contributed by atoms with Crippen molar-refractivity contribution >= 4 is 17.8 Å². The fourth-order valence-corrected chi connectivity index (χ4v) is 2.51. The second kappa shape index (κ2) is 7.73. The Kier molecular flexibility index (Phi) is 5.70. The summed E-state index contributed by atoms with van der Waals surface area (Å²) in [6.45, 7) is 1.56. The molecule has 7 nitrogen and oxygen atoms in total. The van der Waals surface area contributed by atoms with Crippen molar-refractivity contribution in [1.29, 1.82) is 0 Å². The number of carbonyl (C=O) groups excluding carboxylic acids is 2. The monoisotopic (exact) mass is 320 g/mol. The van der Waals surface area contributed by atoms with Crippen molar-refractivity contribution in [3.05, 3.63) is 35.4 Å². The van der Waals surface area contributed by atoms with Crippen molar-refractivity contribution in [3.63, 3.8) is 0 Å². The van der Waals surface area contributed by atoms with Gasteiger partial charge in [-0.3, -0.25) is 9.59 Å². The number of nitrogens with one attached hydrogen (secondary N) is 1. The number of likely N-dealkylation sites (tertiary alicyclic amines) is 1. The normalized spacial score (nSPS) is 17.3. The molecule has 0 saturated carbocycles. The minimum Gasteiger partial charge on any atom is -0.478 e. The van der Waals surface area contributed by atoms with E-state index >= 15 is 0 Å². The van der Waals surface area contributed by atoms with Crippen LogP contribution in [0.25, 0.3) is 0 Å². The lowest BCUT2D eigenvalue weighted by molar-refractivity contribution is -0.129. The largest absolute Gasteiger partial charge is 0.478 e. The van der Waals surface area contributed by atoms with Gasteiger partial charge in [0.2, 0.25) is 11.8 Å². The van der Waals surface area contributed by atoms with E-state index in [1.165, 1.54) is 12.1 Å². The van der Waals surface area contributed by atoms with Crippen LogP contribution in [0, 0.1) is 5.92 Å². The number of amides is 2. The summed E-state index contributed by atoms with van der Waals surface area (Å²) in [5, 5.41) is 11.7. The highest BCUT2D eigenvalue weighted by Crippen LogP contribution is 2.17. The lowest BCUT2D eigenvalue weighted by atomic mass is 10.1. The molecule has 1 heterocycles. The molecule has 1 aliphatic heterocycles. The highest BCUT2D eigenvalue weighted by molar-refractivity contribution is 5.89. The molecule has 0 aliphatic carbocycles. The molecule has 2 amide bonds. The van der Waals surface area contributed by atoms with Crippen LogP contribution in [0.5, 0.6) is 0 Å². The van der Waals surface area contributed by atoms with Crippen LogP contribution in [-0.2, 0) is 20.9 Å². The first-order valence-electron chi connectivity index (χ1n) is 7.38. The fourth-order valence-electron chi connectivity index (χ4n) is 2.51. The van der Waals surface area contributed by atoms with Crippen LogP contribution in [0.1, 0.15) is 22.3 Å². The molecule has 1 aromatic rings. The highest BCUT2D eigenvalue weighted by Gasteiger charge is 2.33. The molecular weight excluding hydrogens is 300 g/mol. The van der Waals surface area contributed by atoms with E-state index < -0.39 is 5.97 Å². The number of hydrogen-bond acceptors (Lipinski definition) is 4. The first-order valence-corrected chi connectivity index (χ1v) is 7.38. The number of benzene rings is 1. The van der Waals surface area contributed by atoms with Crippen molar-refractivity contribution in [2.24, 2.45) is 5.92 Å². The molecule has 0 radical (unpaired) electrons. The van der Waals surface area contributed by atoms with Gasteiger partial charge in [-0.25, -0.2) is 4.79 Å². The molecule has 23 heavy (non-hydrogen) atoms. The number of carboxylic acids is 1. The Hall–Kier alpha value is -2.41. The molecule has 1 atom stereocenters. The zero-order valence-corrected chi connectivity index (χ0v) is 12.9. The summed E-state index contributed by atoms with van der Waals surface area (Å²) in [5.41, 5.74) is 0.886. The third-order valence-electron chi connectivity index (χ3n) is 3.79. The molecule has 0 aromatic heterocycles. The third kappa shape index (κ3) is 4.53. The molecule has 124 valence electrons. The van der Waals surface area contributed by atoms with Gasteiger partial charge in [-0.05, 0) is 17.7 Å². The predicted molar refractivity (Wildman–Crippen MR) is 81.8 cm³/mol. The van der Waals surface area contributed by atoms with Gasteiger partial charge in [0.15, 0.2) is 0 Å². The van der Waals surface area contributed by atoms with Gasteiger partial charge < -0.3 is 20.1 Å². The van der Waals surface area contributed by atoms with Crippen LogP contribution < -0.4 is 5.32 Å². The Morgan fingerprint density at radius 3 is 2.91 bits per heavy atom. The molecule has 1 saturated heterocycles. The minimum absolute atomic E-state index is 0.0462. The van der Waals surface area contributed by atoms with Crippen LogP contribution in [-0.4, -0.2) is 54.6 Å². The first-order chi connectivity index (χ1) is 11.0. The van der Waals surface area contributed by atoms with Crippen LogP contribution in [0.4, 0.5) is 0 Å². The number of carboxylic acid groups (broad SMARTS) is 1. The maximum atomic E-state index is 12.2. The van der Waals surface area contributed by atoms with Gasteiger partial charge in [0.25, 0.3) is 0 Å². The summed E-state index contributed by atoms with van der Waals surface area (Å²) in [6.07, 6.45) is 0.199. The maximum Gasteiger partial charge on any atom is 0.335 e. The van der Waals surface area contributed by atoms with E-state index in [0.717, 1.165) is 0 Å². The summed E-state index contributed by atoms with van der Waals surface area (Å²) in [7, 11) is 1.57. The average molecular weight is 320 g/mol. The maximum absolute atomic E-state index is 12.2.